The molecule has 0 aromatic carbocycles. The SMILES string of the molecule is CCOC(=O)C1(N)CCCC1C(=O)C(CCC(N)=O)NC(=O)OC(C)(C)C. The average Bonchev–Trinajstić information content (AvgIpc) is 2.92. The molecule has 9 nitrogen and oxygen atoms in total. The average molecular weight is 385 g/mol. The molecule has 0 heterocycles. The first-order valence-electron chi connectivity index (χ1n) is 9.18. The van der Waals surface area contributed by atoms with Gasteiger partial charge in [-0.1, -0.05) is 6.42 Å². The molecule has 1 fully saturated rings. The molecule has 0 spiro atoms. The van der Waals surface area contributed by atoms with Crippen molar-refractivity contribution >= 4 is 23.8 Å². The first kappa shape index (κ1) is 22.9. The molecule has 1 rings (SSSR count). The van der Waals surface area contributed by atoms with Crippen LogP contribution < -0.4 is 16.8 Å². The Morgan fingerprint density at radius 3 is 2.41 bits per heavy atom. The molecule has 0 bridgehead atoms. The van der Waals surface area contributed by atoms with E-state index in [2.05, 4.69) is 5.32 Å². The molecule has 1 aliphatic carbocycles. The highest BCUT2D eigenvalue weighted by Crippen LogP contribution is 2.36. The Kier molecular flexibility index (Phi) is 7.77. The Balaban J connectivity index is 2.98. The first-order chi connectivity index (χ1) is 12.4. The monoisotopic (exact) mass is 385 g/mol. The summed E-state index contributed by atoms with van der Waals surface area (Å²) >= 11 is 0. The third kappa shape index (κ3) is 6.50. The molecule has 9 heteroatoms. The molecule has 0 saturated heterocycles. The minimum absolute atomic E-state index is 0.00279. The highest BCUT2D eigenvalue weighted by Gasteiger charge is 2.51. The second-order valence-corrected chi connectivity index (χ2v) is 7.81. The second-order valence-electron chi connectivity index (χ2n) is 7.81. The summed E-state index contributed by atoms with van der Waals surface area (Å²) in [6, 6.07) is -1.03. The molecule has 1 saturated carbocycles. The zero-order valence-corrected chi connectivity index (χ0v) is 16.5. The smallest absolute Gasteiger partial charge is 0.408 e. The van der Waals surface area contributed by atoms with Crippen LogP contribution in [-0.2, 0) is 23.9 Å². The number of carbonyl (C=O) groups is 4. The van der Waals surface area contributed by atoms with Crippen molar-refractivity contribution < 1.29 is 28.7 Å². The van der Waals surface area contributed by atoms with Crippen molar-refractivity contribution in [3.05, 3.63) is 0 Å². The molecule has 27 heavy (non-hydrogen) atoms. The van der Waals surface area contributed by atoms with Crippen LogP contribution in [0.1, 0.15) is 59.8 Å². The molecule has 5 N–H and O–H groups in total. The van der Waals surface area contributed by atoms with Crippen molar-refractivity contribution in [2.45, 2.75) is 77.0 Å². The zero-order valence-electron chi connectivity index (χ0n) is 16.5. The largest absolute Gasteiger partial charge is 0.465 e. The van der Waals surface area contributed by atoms with Crippen LogP contribution in [0.15, 0.2) is 0 Å². The molecule has 154 valence electrons. The van der Waals surface area contributed by atoms with E-state index < -0.39 is 46.9 Å². The molecule has 1 aliphatic rings. The number of amides is 2. The van der Waals surface area contributed by atoms with E-state index in [0.717, 1.165) is 0 Å². The minimum atomic E-state index is -1.44. The lowest BCUT2D eigenvalue weighted by Gasteiger charge is -2.31. The Labute approximate surface area is 159 Å². The van der Waals surface area contributed by atoms with Gasteiger partial charge < -0.3 is 26.3 Å². The standard InChI is InChI=1S/C18H31N3O6/c1-5-26-15(24)18(20)10-6-7-11(18)14(23)12(8-9-13(19)22)21-16(25)27-17(2,3)4/h11-12H,5-10,20H2,1-4H3,(H2,19,22)(H,21,25). The van der Waals surface area contributed by atoms with Crippen LogP contribution in [0.3, 0.4) is 0 Å². The van der Waals surface area contributed by atoms with Gasteiger partial charge in [-0.15, -0.1) is 0 Å². The summed E-state index contributed by atoms with van der Waals surface area (Å²) in [6.45, 7) is 6.88. The number of primary amides is 1. The van der Waals surface area contributed by atoms with Crippen LogP contribution in [-0.4, -0.2) is 47.5 Å². The fourth-order valence-corrected chi connectivity index (χ4v) is 3.20. The summed E-state index contributed by atoms with van der Waals surface area (Å²) in [5, 5.41) is 2.49. The molecular formula is C18H31N3O6. The van der Waals surface area contributed by atoms with Crippen LogP contribution in [0, 0.1) is 5.92 Å². The number of hydrogen-bond donors (Lipinski definition) is 3. The van der Waals surface area contributed by atoms with Crippen molar-refractivity contribution in [1.82, 2.24) is 5.32 Å². The molecule has 2 amide bonds. The maximum absolute atomic E-state index is 13.1. The third-order valence-corrected chi connectivity index (χ3v) is 4.42. The lowest BCUT2D eigenvalue weighted by Crippen LogP contribution is -2.58. The maximum atomic E-state index is 13.1. The van der Waals surface area contributed by atoms with E-state index in [0.29, 0.717) is 19.3 Å². The number of carbonyl (C=O) groups excluding carboxylic acids is 4. The van der Waals surface area contributed by atoms with Gasteiger partial charge in [-0.2, -0.15) is 0 Å². The van der Waals surface area contributed by atoms with Gasteiger partial charge in [0.1, 0.15) is 11.1 Å². The summed E-state index contributed by atoms with van der Waals surface area (Å²) in [5.74, 6) is -2.47. The molecule has 0 aromatic rings. The van der Waals surface area contributed by atoms with E-state index in [4.69, 9.17) is 20.9 Å². The van der Waals surface area contributed by atoms with Crippen LogP contribution in [0.4, 0.5) is 4.79 Å². The van der Waals surface area contributed by atoms with Gasteiger partial charge in [0.25, 0.3) is 0 Å². The van der Waals surface area contributed by atoms with Gasteiger partial charge in [0.05, 0.1) is 12.6 Å². The normalized spacial score (nSPS) is 23.4. The minimum Gasteiger partial charge on any atom is -0.465 e. The Bertz CT molecular complexity index is 586. The summed E-state index contributed by atoms with van der Waals surface area (Å²) in [6.07, 6.45) is 0.412. The second kappa shape index (κ2) is 9.16. The number of esters is 1. The summed E-state index contributed by atoms with van der Waals surface area (Å²) in [5.41, 5.74) is 9.21. The van der Waals surface area contributed by atoms with Crippen LogP contribution in [0.5, 0.6) is 0 Å². The molecule has 0 radical (unpaired) electrons. The molecule has 3 unspecified atom stereocenters. The van der Waals surface area contributed by atoms with Crippen molar-refractivity contribution in [3.8, 4) is 0 Å². The van der Waals surface area contributed by atoms with Gasteiger partial charge in [0.2, 0.25) is 5.91 Å². The Morgan fingerprint density at radius 2 is 1.89 bits per heavy atom. The first-order valence-corrected chi connectivity index (χ1v) is 9.18. The van der Waals surface area contributed by atoms with Crippen LogP contribution in [0.25, 0.3) is 0 Å². The van der Waals surface area contributed by atoms with Gasteiger partial charge >= 0.3 is 12.1 Å². The van der Waals surface area contributed by atoms with Crippen molar-refractivity contribution in [2.24, 2.45) is 17.4 Å². The zero-order chi connectivity index (χ0) is 20.8. The van der Waals surface area contributed by atoms with E-state index in [1.165, 1.54) is 0 Å². The highest BCUT2D eigenvalue weighted by molar-refractivity contribution is 5.96. The van der Waals surface area contributed by atoms with Crippen molar-refractivity contribution in [2.75, 3.05) is 6.61 Å². The summed E-state index contributed by atoms with van der Waals surface area (Å²) in [7, 11) is 0. The number of nitrogens with two attached hydrogens (primary N) is 2. The van der Waals surface area contributed by atoms with Crippen molar-refractivity contribution in [3.63, 3.8) is 0 Å². The topological polar surface area (TPSA) is 151 Å². The number of alkyl carbamates (subject to hydrolysis) is 1. The van der Waals surface area contributed by atoms with Gasteiger partial charge in [0.15, 0.2) is 5.78 Å². The van der Waals surface area contributed by atoms with E-state index >= 15 is 0 Å². The predicted molar refractivity (Wildman–Crippen MR) is 97.5 cm³/mol. The molecule has 3 atom stereocenters. The Hall–Kier alpha value is -2.16. The number of ketones is 1. The van der Waals surface area contributed by atoms with Gasteiger partial charge in [0, 0.05) is 12.3 Å². The Morgan fingerprint density at radius 1 is 1.26 bits per heavy atom. The van der Waals surface area contributed by atoms with E-state index in [9.17, 15) is 19.2 Å². The van der Waals surface area contributed by atoms with E-state index in [-0.39, 0.29) is 19.4 Å². The quantitative estimate of drug-likeness (QED) is 0.522. The van der Waals surface area contributed by atoms with Crippen LogP contribution in [0.2, 0.25) is 0 Å². The van der Waals surface area contributed by atoms with Gasteiger partial charge in [-0.3, -0.25) is 14.4 Å². The van der Waals surface area contributed by atoms with Gasteiger partial charge in [-0.05, 0) is 47.0 Å². The fraction of sp³-hybridized carbons (Fsp3) is 0.778. The lowest BCUT2D eigenvalue weighted by atomic mass is 9.81. The predicted octanol–water partition coefficient (Wildman–Crippen LogP) is 0.775. The third-order valence-electron chi connectivity index (χ3n) is 4.42. The summed E-state index contributed by atoms with van der Waals surface area (Å²) in [4.78, 5) is 48.6. The van der Waals surface area contributed by atoms with Gasteiger partial charge in [-0.25, -0.2) is 4.79 Å². The number of rotatable bonds is 8. The number of hydrogen-bond acceptors (Lipinski definition) is 7. The molecule has 0 aromatic heterocycles. The molecule has 0 aliphatic heterocycles. The number of nitrogens with one attached hydrogen (secondary N) is 1. The van der Waals surface area contributed by atoms with Crippen molar-refractivity contribution in [1.29, 1.82) is 0 Å². The lowest BCUT2D eigenvalue weighted by molar-refractivity contribution is -0.153. The highest BCUT2D eigenvalue weighted by atomic mass is 16.6. The van der Waals surface area contributed by atoms with E-state index in [1.54, 1.807) is 27.7 Å². The fourth-order valence-electron chi connectivity index (χ4n) is 3.20. The number of Topliss-reactive ketones (excluding diaryl/α,β-unsaturated/α-hetero) is 1. The number of ether oxygens (including phenoxy) is 2. The van der Waals surface area contributed by atoms with E-state index in [1.807, 2.05) is 0 Å². The maximum Gasteiger partial charge on any atom is 0.408 e. The molecular weight excluding hydrogens is 354 g/mol. The van der Waals surface area contributed by atoms with Crippen LogP contribution >= 0.6 is 0 Å². The summed E-state index contributed by atoms with van der Waals surface area (Å²) < 4.78 is 10.2.